The average molecular weight is 509 g/mol. The van der Waals surface area contributed by atoms with Crippen molar-refractivity contribution in [1.82, 2.24) is 10.2 Å². The van der Waals surface area contributed by atoms with Gasteiger partial charge < -0.3 is 15.0 Å². The highest BCUT2D eigenvalue weighted by Crippen LogP contribution is 2.45. The van der Waals surface area contributed by atoms with Gasteiger partial charge in [-0.1, -0.05) is 74.2 Å². The molecule has 0 bridgehead atoms. The molecule has 2 saturated heterocycles. The minimum atomic E-state index is -0.334. The highest BCUT2D eigenvalue weighted by Gasteiger charge is 2.49. The number of halogens is 1. The molecular formula is C31H41ClN2O2. The Bertz CT molecular complexity index is 1040. The summed E-state index contributed by atoms with van der Waals surface area (Å²) in [4.78, 5) is 16.7. The predicted molar refractivity (Wildman–Crippen MR) is 147 cm³/mol. The quantitative estimate of drug-likeness (QED) is 0.479. The van der Waals surface area contributed by atoms with Crippen LogP contribution in [0, 0.1) is 11.8 Å². The molecule has 4 nitrogen and oxygen atoms in total. The fraction of sp³-hybridized carbons (Fsp3) is 0.581. The lowest BCUT2D eigenvalue weighted by Gasteiger charge is -2.47. The number of piperidine rings is 1. The summed E-state index contributed by atoms with van der Waals surface area (Å²) in [6, 6.07) is 17.2. The SMILES string of the molecule is CCOc1cc(Cl)ccc1C1(C)CNCC1C(=O)N1CCC(c2ccccc2)CC1C1CCCCC1. The Morgan fingerprint density at radius 1 is 1.11 bits per heavy atom. The van der Waals surface area contributed by atoms with Crippen molar-refractivity contribution >= 4 is 17.5 Å². The second-order valence-corrected chi connectivity index (χ2v) is 11.7. The number of rotatable bonds is 6. The smallest absolute Gasteiger partial charge is 0.228 e. The van der Waals surface area contributed by atoms with Gasteiger partial charge in [0.05, 0.1) is 12.5 Å². The standard InChI is InChI=1S/C31H41ClN2O2/c1-3-36-29-19-25(32)14-15-26(29)31(2)21-33-20-27(31)30(35)34-17-16-24(22-10-6-4-7-11-22)18-28(34)23-12-8-5-9-13-23/h4,6-7,10-11,14-15,19,23-24,27-28,33H,3,5,8-9,12-13,16-18,20-21H2,1-2H3. The van der Waals surface area contributed by atoms with Crippen LogP contribution in [0.15, 0.2) is 48.5 Å². The minimum absolute atomic E-state index is 0.114. The normalized spacial score (nSPS) is 29.3. The molecule has 2 aromatic rings. The van der Waals surface area contributed by atoms with Gasteiger partial charge in [-0.3, -0.25) is 4.79 Å². The number of carbonyl (C=O) groups is 1. The summed E-state index contributed by atoms with van der Waals surface area (Å²) in [5.74, 6) is 2.17. The van der Waals surface area contributed by atoms with Crippen LogP contribution in [-0.4, -0.2) is 43.1 Å². The van der Waals surface area contributed by atoms with Gasteiger partial charge in [0.1, 0.15) is 5.75 Å². The van der Waals surface area contributed by atoms with E-state index >= 15 is 0 Å². The zero-order valence-corrected chi connectivity index (χ0v) is 22.6. The Hall–Kier alpha value is -2.04. The highest BCUT2D eigenvalue weighted by atomic mass is 35.5. The fourth-order valence-corrected chi connectivity index (χ4v) is 7.34. The molecule has 0 aromatic heterocycles. The van der Waals surface area contributed by atoms with Crippen molar-refractivity contribution in [3.8, 4) is 5.75 Å². The number of hydrogen-bond acceptors (Lipinski definition) is 3. The number of ether oxygens (including phenoxy) is 1. The third-order valence-corrected chi connectivity index (χ3v) is 9.39. The maximum atomic E-state index is 14.4. The van der Waals surface area contributed by atoms with Crippen LogP contribution in [0.1, 0.15) is 75.8 Å². The van der Waals surface area contributed by atoms with Crippen LogP contribution in [0.4, 0.5) is 0 Å². The molecule has 194 valence electrons. The van der Waals surface area contributed by atoms with Gasteiger partial charge in [0, 0.05) is 41.7 Å². The zero-order valence-electron chi connectivity index (χ0n) is 21.8. The van der Waals surface area contributed by atoms with Gasteiger partial charge in [-0.2, -0.15) is 0 Å². The van der Waals surface area contributed by atoms with E-state index in [1.807, 2.05) is 19.1 Å². The van der Waals surface area contributed by atoms with E-state index in [1.54, 1.807) is 0 Å². The Balaban J connectivity index is 1.43. The van der Waals surface area contributed by atoms with Gasteiger partial charge in [0.15, 0.2) is 0 Å². The number of amides is 1. The van der Waals surface area contributed by atoms with Crippen molar-refractivity contribution in [3.63, 3.8) is 0 Å². The van der Waals surface area contributed by atoms with Crippen molar-refractivity contribution in [2.24, 2.45) is 11.8 Å². The summed E-state index contributed by atoms with van der Waals surface area (Å²) in [7, 11) is 0. The Morgan fingerprint density at radius 2 is 1.89 bits per heavy atom. The van der Waals surface area contributed by atoms with Crippen molar-refractivity contribution in [3.05, 3.63) is 64.7 Å². The van der Waals surface area contributed by atoms with Crippen LogP contribution in [0.2, 0.25) is 5.02 Å². The number of likely N-dealkylation sites (tertiary alicyclic amines) is 1. The summed E-state index contributed by atoms with van der Waals surface area (Å²) >= 11 is 6.32. The van der Waals surface area contributed by atoms with E-state index in [9.17, 15) is 4.79 Å². The molecule has 5 heteroatoms. The molecule has 4 atom stereocenters. The molecular weight excluding hydrogens is 468 g/mol. The van der Waals surface area contributed by atoms with Crippen LogP contribution in [-0.2, 0) is 10.2 Å². The van der Waals surface area contributed by atoms with Crippen molar-refractivity contribution in [2.45, 2.75) is 76.2 Å². The molecule has 3 fully saturated rings. The zero-order chi connectivity index (χ0) is 25.1. The number of benzene rings is 2. The molecule has 1 amide bonds. The first-order valence-electron chi connectivity index (χ1n) is 14.0. The topological polar surface area (TPSA) is 41.6 Å². The van der Waals surface area contributed by atoms with Crippen molar-refractivity contribution < 1.29 is 9.53 Å². The van der Waals surface area contributed by atoms with Gasteiger partial charge in [-0.25, -0.2) is 0 Å². The third-order valence-electron chi connectivity index (χ3n) is 9.16. The van der Waals surface area contributed by atoms with Gasteiger partial charge in [0.2, 0.25) is 5.91 Å². The summed E-state index contributed by atoms with van der Waals surface area (Å²) < 4.78 is 6.01. The van der Waals surface area contributed by atoms with Gasteiger partial charge >= 0.3 is 0 Å². The van der Waals surface area contributed by atoms with E-state index in [1.165, 1.54) is 37.7 Å². The second-order valence-electron chi connectivity index (χ2n) is 11.3. The van der Waals surface area contributed by atoms with Crippen LogP contribution >= 0.6 is 11.6 Å². The molecule has 2 heterocycles. The molecule has 0 spiro atoms. The third kappa shape index (κ3) is 5.04. The van der Waals surface area contributed by atoms with E-state index in [4.69, 9.17) is 16.3 Å². The molecule has 3 aliphatic rings. The average Bonchev–Trinajstić information content (AvgIpc) is 3.31. The first-order chi connectivity index (χ1) is 17.5. The van der Waals surface area contributed by atoms with Gasteiger partial charge in [0.25, 0.3) is 0 Å². The molecule has 0 radical (unpaired) electrons. The van der Waals surface area contributed by atoms with E-state index in [0.29, 0.717) is 42.0 Å². The first-order valence-corrected chi connectivity index (χ1v) is 14.4. The molecule has 4 unspecified atom stereocenters. The van der Waals surface area contributed by atoms with Gasteiger partial charge in [-0.15, -0.1) is 0 Å². The molecule has 2 aliphatic heterocycles. The van der Waals surface area contributed by atoms with Crippen LogP contribution in [0.25, 0.3) is 0 Å². The molecule has 5 rings (SSSR count). The van der Waals surface area contributed by atoms with E-state index in [-0.39, 0.29) is 11.3 Å². The summed E-state index contributed by atoms with van der Waals surface area (Å²) in [6.45, 7) is 7.12. The van der Waals surface area contributed by atoms with E-state index < -0.39 is 0 Å². The Morgan fingerprint density at radius 3 is 2.64 bits per heavy atom. The Kier molecular flexibility index (Phi) is 7.93. The molecule has 1 saturated carbocycles. The number of hydrogen-bond donors (Lipinski definition) is 1. The fourth-order valence-electron chi connectivity index (χ4n) is 7.18. The molecule has 2 aromatic carbocycles. The van der Waals surface area contributed by atoms with Crippen LogP contribution < -0.4 is 10.1 Å². The molecule has 1 N–H and O–H groups in total. The van der Waals surface area contributed by atoms with Crippen LogP contribution in [0.3, 0.4) is 0 Å². The minimum Gasteiger partial charge on any atom is -0.494 e. The lowest BCUT2D eigenvalue weighted by Crippen LogP contribution is -2.54. The van der Waals surface area contributed by atoms with Crippen molar-refractivity contribution in [1.29, 1.82) is 0 Å². The molecule has 36 heavy (non-hydrogen) atoms. The monoisotopic (exact) mass is 508 g/mol. The maximum absolute atomic E-state index is 14.4. The van der Waals surface area contributed by atoms with Crippen molar-refractivity contribution in [2.75, 3.05) is 26.2 Å². The predicted octanol–water partition coefficient (Wildman–Crippen LogP) is 6.57. The van der Waals surface area contributed by atoms with E-state index in [0.717, 1.165) is 37.2 Å². The summed E-state index contributed by atoms with van der Waals surface area (Å²) in [5, 5.41) is 4.22. The number of nitrogens with one attached hydrogen (secondary N) is 1. The largest absolute Gasteiger partial charge is 0.494 e. The lowest BCUT2D eigenvalue weighted by molar-refractivity contribution is -0.142. The highest BCUT2D eigenvalue weighted by molar-refractivity contribution is 6.30. The van der Waals surface area contributed by atoms with Gasteiger partial charge in [-0.05, 0) is 62.1 Å². The van der Waals surface area contributed by atoms with Crippen LogP contribution in [0.5, 0.6) is 5.75 Å². The lowest BCUT2D eigenvalue weighted by atomic mass is 9.71. The van der Waals surface area contributed by atoms with E-state index in [2.05, 4.69) is 53.5 Å². The maximum Gasteiger partial charge on any atom is 0.228 e. The number of carbonyl (C=O) groups excluding carboxylic acids is 1. The first kappa shape index (κ1) is 25.6. The summed E-state index contributed by atoms with van der Waals surface area (Å²) in [5.41, 5.74) is 2.19. The number of nitrogens with zero attached hydrogens (tertiary/aromatic N) is 1. The second kappa shape index (κ2) is 11.1. The Labute approximate surface area is 221 Å². The summed E-state index contributed by atoms with van der Waals surface area (Å²) in [6.07, 6.45) is 8.56. The molecule has 1 aliphatic carbocycles.